The first kappa shape index (κ1) is 18.9. The number of carbonyl (C=O) groups excluding carboxylic acids is 2. The van der Waals surface area contributed by atoms with Crippen LogP contribution in [0.5, 0.6) is 0 Å². The molecular formula is C21H24FN3O2. The summed E-state index contributed by atoms with van der Waals surface area (Å²) >= 11 is 0. The lowest BCUT2D eigenvalue weighted by molar-refractivity contribution is -0.121. The highest BCUT2D eigenvalue weighted by Crippen LogP contribution is 2.30. The SMILES string of the molecule is CC(C)C(=O)N1CCCc2cc(NC(=O)NCc3ccc(F)cc3)ccc21. The fraction of sp³-hybridized carbons (Fsp3) is 0.333. The second kappa shape index (κ2) is 8.20. The quantitative estimate of drug-likeness (QED) is 0.853. The minimum atomic E-state index is -0.329. The zero-order valence-corrected chi connectivity index (χ0v) is 15.6. The molecule has 1 aliphatic heterocycles. The van der Waals surface area contributed by atoms with Crippen LogP contribution in [-0.2, 0) is 17.8 Å². The first-order valence-corrected chi connectivity index (χ1v) is 9.17. The molecule has 3 amide bonds. The number of aryl methyl sites for hydroxylation is 1. The molecule has 2 aromatic rings. The van der Waals surface area contributed by atoms with E-state index in [0.717, 1.165) is 36.2 Å². The van der Waals surface area contributed by atoms with Crippen molar-refractivity contribution in [1.82, 2.24) is 5.32 Å². The van der Waals surface area contributed by atoms with Crippen molar-refractivity contribution in [3.63, 3.8) is 0 Å². The number of nitrogens with one attached hydrogen (secondary N) is 2. The van der Waals surface area contributed by atoms with Gasteiger partial charge in [-0.05, 0) is 54.3 Å². The van der Waals surface area contributed by atoms with Crippen molar-refractivity contribution in [1.29, 1.82) is 0 Å². The maximum absolute atomic E-state index is 12.9. The summed E-state index contributed by atoms with van der Waals surface area (Å²) in [5.41, 5.74) is 3.49. The molecule has 142 valence electrons. The molecule has 1 aliphatic rings. The van der Waals surface area contributed by atoms with Crippen LogP contribution in [0.4, 0.5) is 20.6 Å². The van der Waals surface area contributed by atoms with Gasteiger partial charge in [0.1, 0.15) is 5.82 Å². The van der Waals surface area contributed by atoms with Crippen molar-refractivity contribution in [2.75, 3.05) is 16.8 Å². The average Bonchev–Trinajstić information content (AvgIpc) is 2.66. The molecule has 27 heavy (non-hydrogen) atoms. The van der Waals surface area contributed by atoms with E-state index in [1.54, 1.807) is 12.1 Å². The minimum absolute atomic E-state index is 0.0500. The number of hydrogen-bond donors (Lipinski definition) is 2. The summed E-state index contributed by atoms with van der Waals surface area (Å²) in [7, 11) is 0. The number of nitrogens with zero attached hydrogens (tertiary/aromatic N) is 1. The monoisotopic (exact) mass is 369 g/mol. The van der Waals surface area contributed by atoms with E-state index in [1.807, 2.05) is 36.9 Å². The van der Waals surface area contributed by atoms with Gasteiger partial charge in [-0.25, -0.2) is 9.18 Å². The number of fused-ring (bicyclic) bond motifs is 1. The van der Waals surface area contributed by atoms with E-state index in [0.29, 0.717) is 12.2 Å². The number of anilines is 2. The fourth-order valence-electron chi connectivity index (χ4n) is 3.18. The van der Waals surface area contributed by atoms with E-state index in [9.17, 15) is 14.0 Å². The molecule has 2 aromatic carbocycles. The first-order valence-electron chi connectivity index (χ1n) is 9.17. The largest absolute Gasteiger partial charge is 0.334 e. The smallest absolute Gasteiger partial charge is 0.319 e. The number of hydrogen-bond acceptors (Lipinski definition) is 2. The molecule has 0 atom stereocenters. The third-order valence-electron chi connectivity index (χ3n) is 4.58. The summed E-state index contributed by atoms with van der Waals surface area (Å²) in [4.78, 5) is 26.3. The van der Waals surface area contributed by atoms with Crippen molar-refractivity contribution in [3.8, 4) is 0 Å². The average molecular weight is 369 g/mol. The van der Waals surface area contributed by atoms with Gasteiger partial charge in [-0.3, -0.25) is 4.79 Å². The summed E-state index contributed by atoms with van der Waals surface area (Å²) in [5.74, 6) is -0.234. The molecule has 1 heterocycles. The number of urea groups is 1. The zero-order valence-electron chi connectivity index (χ0n) is 15.6. The lowest BCUT2D eigenvalue weighted by atomic mass is 9.99. The Hall–Kier alpha value is -2.89. The molecule has 0 fully saturated rings. The van der Waals surface area contributed by atoms with Gasteiger partial charge >= 0.3 is 6.03 Å². The number of halogens is 1. The van der Waals surface area contributed by atoms with Crippen molar-refractivity contribution in [2.45, 2.75) is 33.2 Å². The van der Waals surface area contributed by atoms with E-state index in [4.69, 9.17) is 0 Å². The Balaban J connectivity index is 1.63. The van der Waals surface area contributed by atoms with E-state index in [1.165, 1.54) is 12.1 Å². The van der Waals surface area contributed by atoms with E-state index < -0.39 is 0 Å². The molecular weight excluding hydrogens is 345 g/mol. The molecule has 0 radical (unpaired) electrons. The Labute approximate surface area is 158 Å². The van der Waals surface area contributed by atoms with Crippen LogP contribution >= 0.6 is 0 Å². The number of carbonyl (C=O) groups is 2. The number of rotatable bonds is 4. The predicted octanol–water partition coefficient (Wildman–Crippen LogP) is 4.08. The van der Waals surface area contributed by atoms with Gasteiger partial charge in [0.15, 0.2) is 0 Å². The zero-order chi connectivity index (χ0) is 19.4. The van der Waals surface area contributed by atoms with Gasteiger partial charge in [-0.2, -0.15) is 0 Å². The Bertz CT molecular complexity index is 834. The highest BCUT2D eigenvalue weighted by Gasteiger charge is 2.24. The lowest BCUT2D eigenvalue weighted by Crippen LogP contribution is -2.38. The Kier molecular flexibility index (Phi) is 5.74. The van der Waals surface area contributed by atoms with Gasteiger partial charge in [0, 0.05) is 30.4 Å². The first-order chi connectivity index (χ1) is 12.9. The molecule has 0 aromatic heterocycles. The van der Waals surface area contributed by atoms with Crippen LogP contribution < -0.4 is 15.5 Å². The highest BCUT2D eigenvalue weighted by molar-refractivity contribution is 5.96. The van der Waals surface area contributed by atoms with Crippen LogP contribution in [0.15, 0.2) is 42.5 Å². The van der Waals surface area contributed by atoms with Gasteiger partial charge < -0.3 is 15.5 Å². The van der Waals surface area contributed by atoms with Gasteiger partial charge in [-0.1, -0.05) is 26.0 Å². The topological polar surface area (TPSA) is 61.4 Å². The van der Waals surface area contributed by atoms with Crippen molar-refractivity contribution in [2.24, 2.45) is 5.92 Å². The van der Waals surface area contributed by atoms with Gasteiger partial charge in [-0.15, -0.1) is 0 Å². The van der Waals surface area contributed by atoms with Crippen LogP contribution in [0.1, 0.15) is 31.4 Å². The van der Waals surface area contributed by atoms with Crippen LogP contribution in [0.25, 0.3) is 0 Å². The Morgan fingerprint density at radius 2 is 1.89 bits per heavy atom. The normalized spacial score (nSPS) is 13.3. The third kappa shape index (κ3) is 4.64. The molecule has 0 bridgehead atoms. The minimum Gasteiger partial charge on any atom is -0.334 e. The molecule has 0 saturated carbocycles. The van der Waals surface area contributed by atoms with E-state index in [-0.39, 0.29) is 23.7 Å². The molecule has 2 N–H and O–H groups in total. The molecule has 6 heteroatoms. The van der Waals surface area contributed by atoms with Crippen LogP contribution in [0.3, 0.4) is 0 Å². The lowest BCUT2D eigenvalue weighted by Gasteiger charge is -2.31. The molecule has 0 unspecified atom stereocenters. The van der Waals surface area contributed by atoms with Crippen molar-refractivity contribution in [3.05, 3.63) is 59.4 Å². The van der Waals surface area contributed by atoms with Gasteiger partial charge in [0.2, 0.25) is 5.91 Å². The van der Waals surface area contributed by atoms with E-state index >= 15 is 0 Å². The van der Waals surface area contributed by atoms with Gasteiger partial charge in [0.25, 0.3) is 0 Å². The standard InChI is InChI=1S/C21H24FN3O2/c1-14(2)20(26)25-11-3-4-16-12-18(9-10-19(16)25)24-21(27)23-13-15-5-7-17(22)8-6-15/h5-10,12,14H,3-4,11,13H2,1-2H3,(H2,23,24,27). The van der Waals surface area contributed by atoms with Crippen molar-refractivity contribution >= 4 is 23.3 Å². The van der Waals surface area contributed by atoms with E-state index in [2.05, 4.69) is 10.6 Å². The molecule has 0 aliphatic carbocycles. The van der Waals surface area contributed by atoms with Crippen molar-refractivity contribution < 1.29 is 14.0 Å². The Morgan fingerprint density at radius 1 is 1.15 bits per heavy atom. The third-order valence-corrected chi connectivity index (χ3v) is 4.58. The second-order valence-electron chi connectivity index (χ2n) is 7.03. The number of amides is 3. The molecule has 0 saturated heterocycles. The predicted molar refractivity (Wildman–Crippen MR) is 104 cm³/mol. The second-order valence-corrected chi connectivity index (χ2v) is 7.03. The maximum Gasteiger partial charge on any atom is 0.319 e. The summed E-state index contributed by atoms with van der Waals surface area (Å²) in [6.07, 6.45) is 1.79. The summed E-state index contributed by atoms with van der Waals surface area (Å²) in [6, 6.07) is 11.3. The van der Waals surface area contributed by atoms with Crippen LogP contribution in [0.2, 0.25) is 0 Å². The highest BCUT2D eigenvalue weighted by atomic mass is 19.1. The summed E-state index contributed by atoms with van der Waals surface area (Å²) < 4.78 is 12.9. The summed E-state index contributed by atoms with van der Waals surface area (Å²) in [5, 5.41) is 5.56. The molecule has 0 spiro atoms. The van der Waals surface area contributed by atoms with Gasteiger partial charge in [0.05, 0.1) is 0 Å². The number of benzene rings is 2. The molecule has 5 nitrogen and oxygen atoms in total. The van der Waals surface area contributed by atoms with Crippen LogP contribution in [-0.4, -0.2) is 18.5 Å². The maximum atomic E-state index is 12.9. The summed E-state index contributed by atoms with van der Waals surface area (Å²) in [6.45, 7) is 4.85. The Morgan fingerprint density at radius 3 is 2.59 bits per heavy atom. The van der Waals surface area contributed by atoms with Crippen LogP contribution in [0, 0.1) is 11.7 Å². The fourth-order valence-corrected chi connectivity index (χ4v) is 3.18. The molecule has 3 rings (SSSR count).